The van der Waals surface area contributed by atoms with E-state index in [2.05, 4.69) is 5.32 Å². The molecule has 1 amide bonds. The lowest BCUT2D eigenvalue weighted by atomic mass is 10.0. The Morgan fingerprint density at radius 2 is 2.06 bits per heavy atom. The number of amides is 1. The van der Waals surface area contributed by atoms with Crippen LogP contribution in [-0.4, -0.2) is 16.9 Å². The molecule has 0 heterocycles. The molecule has 0 radical (unpaired) electrons. The fourth-order valence-corrected chi connectivity index (χ4v) is 1.34. The Labute approximate surface area is 105 Å². The van der Waals surface area contributed by atoms with E-state index >= 15 is 0 Å². The third-order valence-electron chi connectivity index (χ3n) is 2.89. The Morgan fingerprint density at radius 3 is 2.56 bits per heavy atom. The summed E-state index contributed by atoms with van der Waals surface area (Å²) in [6.07, 6.45) is 0. The molecule has 98 valence electrons. The largest absolute Gasteiger partial charge is 0.327 e. The van der Waals surface area contributed by atoms with Crippen molar-refractivity contribution in [2.45, 2.75) is 26.8 Å². The summed E-state index contributed by atoms with van der Waals surface area (Å²) in [6, 6.07) is 4.08. The van der Waals surface area contributed by atoms with Gasteiger partial charge in [0.25, 0.3) is 5.69 Å². The molecule has 0 bridgehead atoms. The minimum Gasteiger partial charge on any atom is -0.327 e. The first-order valence-electron chi connectivity index (χ1n) is 5.64. The lowest BCUT2D eigenvalue weighted by Gasteiger charge is -2.16. The normalized spacial score (nSPS) is 13.8. The molecule has 6 nitrogen and oxygen atoms in total. The number of nitrogens with two attached hydrogens (primary N) is 1. The minimum absolute atomic E-state index is 0.0515. The van der Waals surface area contributed by atoms with Crippen LogP contribution in [0.1, 0.15) is 19.4 Å². The first-order valence-corrected chi connectivity index (χ1v) is 5.64. The van der Waals surface area contributed by atoms with Gasteiger partial charge in [-0.25, -0.2) is 0 Å². The van der Waals surface area contributed by atoms with Crippen LogP contribution in [0.15, 0.2) is 18.2 Å². The van der Waals surface area contributed by atoms with Crippen molar-refractivity contribution in [3.8, 4) is 0 Å². The molecule has 0 fully saturated rings. The number of hydrogen-bond acceptors (Lipinski definition) is 4. The van der Waals surface area contributed by atoms with Gasteiger partial charge in [0.15, 0.2) is 0 Å². The number of aryl methyl sites for hydroxylation is 1. The number of carbonyl (C=O) groups is 1. The second kappa shape index (κ2) is 5.59. The maximum atomic E-state index is 11.8. The van der Waals surface area contributed by atoms with Crippen molar-refractivity contribution in [2.24, 2.45) is 11.7 Å². The van der Waals surface area contributed by atoms with Crippen LogP contribution in [0.25, 0.3) is 0 Å². The van der Waals surface area contributed by atoms with Crippen molar-refractivity contribution in [1.29, 1.82) is 0 Å². The molecule has 0 spiro atoms. The highest BCUT2D eigenvalue weighted by Gasteiger charge is 2.18. The van der Waals surface area contributed by atoms with E-state index in [-0.39, 0.29) is 23.6 Å². The van der Waals surface area contributed by atoms with E-state index in [1.165, 1.54) is 12.1 Å². The summed E-state index contributed by atoms with van der Waals surface area (Å²) >= 11 is 0. The van der Waals surface area contributed by atoms with Crippen molar-refractivity contribution in [2.75, 3.05) is 5.32 Å². The molecule has 1 rings (SSSR count). The zero-order chi connectivity index (χ0) is 13.9. The van der Waals surface area contributed by atoms with Gasteiger partial charge < -0.3 is 11.1 Å². The van der Waals surface area contributed by atoms with Gasteiger partial charge in [0.1, 0.15) is 0 Å². The molecular formula is C12H17N3O3. The van der Waals surface area contributed by atoms with Gasteiger partial charge >= 0.3 is 0 Å². The van der Waals surface area contributed by atoms with Crippen LogP contribution in [-0.2, 0) is 4.79 Å². The predicted octanol–water partition coefficient (Wildman–Crippen LogP) is 1.83. The molecule has 0 saturated carbocycles. The number of non-ortho nitro benzene ring substituents is 1. The Balaban J connectivity index is 2.93. The quantitative estimate of drug-likeness (QED) is 0.630. The highest BCUT2D eigenvalue weighted by Crippen LogP contribution is 2.22. The molecule has 0 aliphatic heterocycles. The number of hydrogen-bond donors (Lipinski definition) is 2. The van der Waals surface area contributed by atoms with Crippen molar-refractivity contribution < 1.29 is 9.72 Å². The van der Waals surface area contributed by atoms with E-state index in [0.29, 0.717) is 5.69 Å². The summed E-state index contributed by atoms with van der Waals surface area (Å²) < 4.78 is 0. The fourth-order valence-electron chi connectivity index (χ4n) is 1.34. The number of carbonyl (C=O) groups excluding carboxylic acids is 1. The van der Waals surface area contributed by atoms with Crippen molar-refractivity contribution in [3.05, 3.63) is 33.9 Å². The fraction of sp³-hybridized carbons (Fsp3) is 0.417. The maximum Gasteiger partial charge on any atom is 0.271 e. The average molecular weight is 251 g/mol. The summed E-state index contributed by atoms with van der Waals surface area (Å²) in [5.74, 6) is -0.600. The molecular weight excluding hydrogens is 234 g/mol. The Morgan fingerprint density at radius 1 is 1.44 bits per heavy atom. The SMILES string of the molecule is Cc1ccc([N+](=O)[O-])cc1NC(=O)C(C)C(C)N. The van der Waals surface area contributed by atoms with Crippen LogP contribution in [0.3, 0.4) is 0 Å². The topological polar surface area (TPSA) is 98.3 Å². The predicted molar refractivity (Wildman–Crippen MR) is 69.3 cm³/mol. The summed E-state index contributed by atoms with van der Waals surface area (Å²) in [6.45, 7) is 5.23. The Kier molecular flexibility index (Phi) is 4.38. The number of nitro groups is 1. The molecule has 2 unspecified atom stereocenters. The Hall–Kier alpha value is -1.95. The summed E-state index contributed by atoms with van der Waals surface area (Å²) in [7, 11) is 0. The molecule has 0 aliphatic rings. The molecule has 1 aromatic carbocycles. The number of nitrogens with one attached hydrogen (secondary N) is 1. The highest BCUT2D eigenvalue weighted by atomic mass is 16.6. The van der Waals surface area contributed by atoms with Crippen LogP contribution in [0.2, 0.25) is 0 Å². The van der Waals surface area contributed by atoms with Gasteiger partial charge in [-0.15, -0.1) is 0 Å². The zero-order valence-corrected chi connectivity index (χ0v) is 10.6. The van der Waals surface area contributed by atoms with Crippen LogP contribution in [0.5, 0.6) is 0 Å². The van der Waals surface area contributed by atoms with Crippen LogP contribution >= 0.6 is 0 Å². The first-order chi connectivity index (χ1) is 8.32. The molecule has 0 saturated heterocycles. The zero-order valence-electron chi connectivity index (χ0n) is 10.6. The van der Waals surface area contributed by atoms with E-state index < -0.39 is 4.92 Å². The van der Waals surface area contributed by atoms with Crippen molar-refractivity contribution in [1.82, 2.24) is 0 Å². The third-order valence-corrected chi connectivity index (χ3v) is 2.89. The molecule has 1 aromatic rings. The van der Waals surface area contributed by atoms with Gasteiger partial charge in [0.05, 0.1) is 16.5 Å². The highest BCUT2D eigenvalue weighted by molar-refractivity contribution is 5.93. The number of nitro benzene ring substituents is 1. The smallest absolute Gasteiger partial charge is 0.271 e. The van der Waals surface area contributed by atoms with Crippen molar-refractivity contribution in [3.63, 3.8) is 0 Å². The lowest BCUT2D eigenvalue weighted by molar-refractivity contribution is -0.384. The maximum absolute atomic E-state index is 11.8. The van der Waals surface area contributed by atoms with Gasteiger partial charge in [0.2, 0.25) is 5.91 Å². The monoisotopic (exact) mass is 251 g/mol. The average Bonchev–Trinajstić information content (AvgIpc) is 2.30. The third kappa shape index (κ3) is 3.27. The van der Waals surface area contributed by atoms with Gasteiger partial charge in [0, 0.05) is 18.2 Å². The van der Waals surface area contributed by atoms with Crippen LogP contribution in [0, 0.1) is 23.0 Å². The number of benzene rings is 1. The summed E-state index contributed by atoms with van der Waals surface area (Å²) in [5.41, 5.74) is 6.80. The standard InChI is InChI=1S/C12H17N3O3/c1-7-4-5-10(15(17)18)6-11(7)14-12(16)8(2)9(3)13/h4-6,8-9H,13H2,1-3H3,(H,14,16). The van der Waals surface area contributed by atoms with E-state index in [4.69, 9.17) is 5.73 Å². The van der Waals surface area contributed by atoms with Crippen LogP contribution < -0.4 is 11.1 Å². The molecule has 3 N–H and O–H groups in total. The molecule has 18 heavy (non-hydrogen) atoms. The van der Waals surface area contributed by atoms with Gasteiger partial charge in [-0.05, 0) is 19.4 Å². The second-order valence-electron chi connectivity index (χ2n) is 4.39. The van der Waals surface area contributed by atoms with Gasteiger partial charge in [-0.3, -0.25) is 14.9 Å². The van der Waals surface area contributed by atoms with E-state index in [0.717, 1.165) is 5.56 Å². The minimum atomic E-state index is -0.496. The molecule has 2 atom stereocenters. The van der Waals surface area contributed by atoms with Gasteiger partial charge in [-0.2, -0.15) is 0 Å². The first kappa shape index (κ1) is 14.1. The number of nitrogens with zero attached hydrogens (tertiary/aromatic N) is 1. The van der Waals surface area contributed by atoms with E-state index in [9.17, 15) is 14.9 Å². The molecule has 0 aromatic heterocycles. The molecule has 6 heteroatoms. The Bertz CT molecular complexity index is 472. The van der Waals surface area contributed by atoms with E-state index in [1.54, 1.807) is 26.8 Å². The summed E-state index contributed by atoms with van der Waals surface area (Å²) in [5, 5.41) is 13.3. The lowest BCUT2D eigenvalue weighted by Crippen LogP contribution is -2.34. The number of rotatable bonds is 4. The molecule has 0 aliphatic carbocycles. The van der Waals surface area contributed by atoms with E-state index in [1.807, 2.05) is 0 Å². The summed E-state index contributed by atoms with van der Waals surface area (Å²) in [4.78, 5) is 22.0. The van der Waals surface area contributed by atoms with Crippen LogP contribution in [0.4, 0.5) is 11.4 Å². The van der Waals surface area contributed by atoms with Gasteiger partial charge in [-0.1, -0.05) is 13.0 Å². The number of anilines is 1. The van der Waals surface area contributed by atoms with Crippen molar-refractivity contribution >= 4 is 17.3 Å². The second-order valence-corrected chi connectivity index (χ2v) is 4.39.